The molecule has 2 aromatic carbocycles. The summed E-state index contributed by atoms with van der Waals surface area (Å²) >= 11 is 0. The molecule has 0 radical (unpaired) electrons. The maximum Gasteiger partial charge on any atom is 0.407 e. The van der Waals surface area contributed by atoms with E-state index < -0.39 is 6.09 Å². The van der Waals surface area contributed by atoms with Crippen molar-refractivity contribution in [2.45, 2.75) is 32.4 Å². The number of fused-ring (bicyclic) bond motifs is 1. The molecule has 180 valence electrons. The van der Waals surface area contributed by atoms with E-state index in [2.05, 4.69) is 14.9 Å². The summed E-state index contributed by atoms with van der Waals surface area (Å²) in [6.07, 6.45) is 0.696. The van der Waals surface area contributed by atoms with Crippen molar-refractivity contribution in [1.82, 2.24) is 19.8 Å². The number of likely N-dealkylation sites (N-methyl/N-ethyl adjacent to an activating group) is 1. The molecule has 8 nitrogen and oxygen atoms in total. The molecule has 33 heavy (non-hydrogen) atoms. The molecule has 1 atom stereocenters. The third kappa shape index (κ3) is 7.63. The van der Waals surface area contributed by atoms with Crippen LogP contribution in [0.4, 0.5) is 4.79 Å². The molecule has 1 aromatic heterocycles. The average Bonchev–Trinajstić information content (AvgIpc) is 3.09. The zero-order valence-corrected chi connectivity index (χ0v) is 20.7. The summed E-state index contributed by atoms with van der Waals surface area (Å²) in [5, 5.41) is 17.3. The average molecular weight is 495 g/mol. The van der Waals surface area contributed by atoms with E-state index in [4.69, 9.17) is 11.1 Å². The van der Waals surface area contributed by atoms with Gasteiger partial charge in [-0.1, -0.05) is 30.3 Å². The summed E-state index contributed by atoms with van der Waals surface area (Å²) in [5.74, 6) is 0.893. The van der Waals surface area contributed by atoms with Gasteiger partial charge in [0.05, 0.1) is 11.0 Å². The molecule has 5 N–H and O–H groups in total. The number of nitrogens with one attached hydrogen (secondary N) is 2. The van der Waals surface area contributed by atoms with Crippen LogP contribution in [0.15, 0.2) is 42.5 Å². The van der Waals surface area contributed by atoms with Gasteiger partial charge < -0.3 is 25.6 Å². The Morgan fingerprint density at radius 3 is 2.36 bits per heavy atom. The Kier molecular flexibility index (Phi) is 10.6. The predicted molar refractivity (Wildman–Crippen MR) is 137 cm³/mol. The number of nitrogens with zero attached hydrogens (tertiary/aromatic N) is 3. The number of nitrogens with two attached hydrogens (primary N) is 1. The van der Waals surface area contributed by atoms with Gasteiger partial charge in [-0.15, -0.1) is 24.8 Å². The third-order valence-electron chi connectivity index (χ3n) is 5.50. The minimum absolute atomic E-state index is 0. The number of imidazole rings is 1. The van der Waals surface area contributed by atoms with E-state index in [1.807, 2.05) is 63.5 Å². The smallest absolute Gasteiger partial charge is 0.407 e. The van der Waals surface area contributed by atoms with E-state index in [1.54, 1.807) is 0 Å². The quantitative estimate of drug-likeness (QED) is 0.264. The van der Waals surface area contributed by atoms with Crippen molar-refractivity contribution in [3.63, 3.8) is 0 Å². The minimum atomic E-state index is -0.932. The fraction of sp³-hybridized carbons (Fsp3) is 0.348. The number of rotatable bonds is 9. The van der Waals surface area contributed by atoms with Crippen molar-refractivity contribution in [2.24, 2.45) is 5.73 Å². The SMILES string of the molecule is Cc1nc2ccc(CN(CC(CCc3ccc(C(=N)N)cc3)N(C)C)C(=O)O)cc2[nH]1.Cl.Cl. The highest BCUT2D eigenvalue weighted by Crippen LogP contribution is 2.17. The summed E-state index contributed by atoms with van der Waals surface area (Å²) in [4.78, 5) is 23.1. The molecular weight excluding hydrogens is 463 g/mol. The molecule has 10 heteroatoms. The number of H-pyrrole nitrogens is 1. The van der Waals surface area contributed by atoms with Crippen LogP contribution >= 0.6 is 24.8 Å². The van der Waals surface area contributed by atoms with Crippen molar-refractivity contribution in [3.8, 4) is 0 Å². The number of nitrogen functional groups attached to an aromatic ring is 1. The molecule has 0 spiro atoms. The van der Waals surface area contributed by atoms with Gasteiger partial charge in [-0.25, -0.2) is 9.78 Å². The topological polar surface area (TPSA) is 122 Å². The number of carbonyl (C=O) groups is 1. The van der Waals surface area contributed by atoms with Gasteiger partial charge in [0.15, 0.2) is 0 Å². The van der Waals surface area contributed by atoms with Crippen LogP contribution in [0.25, 0.3) is 11.0 Å². The van der Waals surface area contributed by atoms with Gasteiger partial charge in [-0.3, -0.25) is 5.41 Å². The Bertz CT molecular complexity index is 1070. The van der Waals surface area contributed by atoms with E-state index in [0.717, 1.165) is 40.8 Å². The molecule has 3 rings (SSSR count). The minimum Gasteiger partial charge on any atom is -0.465 e. The van der Waals surface area contributed by atoms with E-state index in [1.165, 1.54) is 4.90 Å². The molecule has 1 heterocycles. The number of amides is 1. The molecule has 0 bridgehead atoms. The van der Waals surface area contributed by atoms with Crippen LogP contribution in [0.1, 0.15) is 28.9 Å². The molecule has 0 saturated carbocycles. The zero-order chi connectivity index (χ0) is 22.5. The van der Waals surface area contributed by atoms with Crippen LogP contribution in [0.2, 0.25) is 0 Å². The van der Waals surface area contributed by atoms with Crippen LogP contribution < -0.4 is 5.73 Å². The molecule has 0 saturated heterocycles. The Morgan fingerprint density at radius 1 is 1.15 bits per heavy atom. The number of benzene rings is 2. The van der Waals surface area contributed by atoms with Gasteiger partial charge in [0.1, 0.15) is 11.7 Å². The fourth-order valence-corrected chi connectivity index (χ4v) is 3.66. The maximum atomic E-state index is 12.0. The van der Waals surface area contributed by atoms with Gasteiger partial charge in [0.2, 0.25) is 0 Å². The Labute approximate surface area is 206 Å². The van der Waals surface area contributed by atoms with Gasteiger partial charge in [-0.2, -0.15) is 0 Å². The molecule has 1 amide bonds. The number of carboxylic acid groups (broad SMARTS) is 1. The van der Waals surface area contributed by atoms with E-state index >= 15 is 0 Å². The second-order valence-electron chi connectivity index (χ2n) is 8.10. The summed E-state index contributed by atoms with van der Waals surface area (Å²) < 4.78 is 0. The van der Waals surface area contributed by atoms with Crippen LogP contribution in [0, 0.1) is 12.3 Å². The molecule has 0 aliphatic rings. The lowest BCUT2D eigenvalue weighted by molar-refractivity contribution is 0.122. The normalized spacial score (nSPS) is 11.5. The van der Waals surface area contributed by atoms with Crippen molar-refractivity contribution in [1.29, 1.82) is 5.41 Å². The third-order valence-corrected chi connectivity index (χ3v) is 5.50. The summed E-state index contributed by atoms with van der Waals surface area (Å²) in [6.45, 7) is 2.63. The number of halogens is 2. The number of hydrogen-bond donors (Lipinski definition) is 4. The summed E-state index contributed by atoms with van der Waals surface area (Å²) in [6, 6.07) is 13.5. The van der Waals surface area contributed by atoms with Crippen molar-refractivity contribution >= 4 is 47.8 Å². The lowest BCUT2D eigenvalue weighted by Gasteiger charge is -2.30. The Morgan fingerprint density at radius 2 is 1.79 bits per heavy atom. The highest BCUT2D eigenvalue weighted by molar-refractivity contribution is 5.94. The van der Waals surface area contributed by atoms with Crippen molar-refractivity contribution < 1.29 is 9.90 Å². The second kappa shape index (κ2) is 12.4. The van der Waals surface area contributed by atoms with Crippen LogP contribution in [0.3, 0.4) is 0 Å². The van der Waals surface area contributed by atoms with Crippen LogP contribution in [-0.2, 0) is 13.0 Å². The van der Waals surface area contributed by atoms with Gasteiger partial charge >= 0.3 is 6.09 Å². The first-order valence-corrected chi connectivity index (χ1v) is 10.3. The predicted octanol–water partition coefficient (Wildman–Crippen LogP) is 4.04. The molecule has 0 aliphatic carbocycles. The first-order chi connectivity index (χ1) is 14.7. The van der Waals surface area contributed by atoms with E-state index in [-0.39, 0.29) is 36.7 Å². The summed E-state index contributed by atoms with van der Waals surface area (Å²) in [5.41, 5.74) is 10.1. The Balaban J connectivity index is 0.00000272. The molecule has 0 fully saturated rings. The van der Waals surface area contributed by atoms with E-state index in [0.29, 0.717) is 18.7 Å². The highest BCUT2D eigenvalue weighted by atomic mass is 35.5. The summed E-state index contributed by atoms with van der Waals surface area (Å²) in [7, 11) is 3.95. The van der Waals surface area contributed by atoms with Gasteiger partial charge in [0, 0.05) is 24.7 Å². The first kappa shape index (κ1) is 28.2. The standard InChI is InChI=1S/C23H30N6O2.2ClH/c1-15-26-20-11-7-17(12-21(20)27-15)13-29(23(30)31)14-19(28(2)3)10-6-16-4-8-18(9-5-16)22(24)25;;/h4-5,7-9,11-12,19H,6,10,13-14H2,1-3H3,(H3,24,25)(H,26,27)(H,30,31);2*1H. The van der Waals surface area contributed by atoms with Gasteiger partial charge in [0.25, 0.3) is 0 Å². The van der Waals surface area contributed by atoms with Crippen molar-refractivity contribution in [3.05, 3.63) is 65.0 Å². The monoisotopic (exact) mass is 494 g/mol. The zero-order valence-electron chi connectivity index (χ0n) is 19.0. The Hall–Kier alpha value is -2.81. The van der Waals surface area contributed by atoms with Crippen LogP contribution in [-0.4, -0.2) is 63.5 Å². The number of aromatic nitrogens is 2. The lowest BCUT2D eigenvalue weighted by atomic mass is 10.0. The van der Waals surface area contributed by atoms with Gasteiger partial charge in [-0.05, 0) is 57.1 Å². The molecular formula is C23H32Cl2N6O2. The van der Waals surface area contributed by atoms with E-state index in [9.17, 15) is 9.90 Å². The molecule has 1 unspecified atom stereocenters. The second-order valence-corrected chi connectivity index (χ2v) is 8.10. The number of aromatic amines is 1. The maximum absolute atomic E-state index is 12.0. The number of aryl methyl sites for hydroxylation is 2. The first-order valence-electron chi connectivity index (χ1n) is 10.3. The molecule has 0 aliphatic heterocycles. The largest absolute Gasteiger partial charge is 0.465 e. The number of amidine groups is 1. The molecule has 3 aromatic rings. The van der Waals surface area contributed by atoms with Crippen LogP contribution in [0.5, 0.6) is 0 Å². The highest BCUT2D eigenvalue weighted by Gasteiger charge is 2.20. The van der Waals surface area contributed by atoms with Crippen molar-refractivity contribution in [2.75, 3.05) is 20.6 Å². The lowest BCUT2D eigenvalue weighted by Crippen LogP contribution is -2.42. The number of hydrogen-bond acceptors (Lipinski definition) is 4. The fourth-order valence-electron chi connectivity index (χ4n) is 3.66.